The van der Waals surface area contributed by atoms with E-state index in [0.717, 1.165) is 42.0 Å². The van der Waals surface area contributed by atoms with Crippen LogP contribution in [0, 0.1) is 0 Å². The highest BCUT2D eigenvalue weighted by Gasteiger charge is 2.29. The fourth-order valence-corrected chi connectivity index (χ4v) is 5.62. The minimum Gasteiger partial charge on any atom is -0.345 e. The summed E-state index contributed by atoms with van der Waals surface area (Å²) in [5, 5.41) is 0.741. The molecule has 1 aliphatic rings. The summed E-state index contributed by atoms with van der Waals surface area (Å²) in [4.78, 5) is 31.0. The maximum atomic E-state index is 13.9. The monoisotopic (exact) mass is 547 g/mol. The molecule has 0 bridgehead atoms. The fraction of sp³-hybridized carbons (Fsp3) is 0.455. The van der Waals surface area contributed by atoms with Gasteiger partial charge in [0, 0.05) is 41.6 Å². The van der Waals surface area contributed by atoms with Gasteiger partial charge >= 0.3 is 0 Å². The number of benzene rings is 2. The first-order valence-corrected chi connectivity index (χ1v) is 14.6. The first-order chi connectivity index (χ1) is 18.7. The number of carbonyl (C=O) groups excluding carboxylic acids is 2. The molecule has 1 fully saturated rings. The summed E-state index contributed by atoms with van der Waals surface area (Å²) in [6.07, 6.45) is 7.53. The second-order valence-corrected chi connectivity index (χ2v) is 12.1. The molecule has 2 amide bonds. The Morgan fingerprint density at radius 2 is 1.64 bits per heavy atom. The largest absolute Gasteiger partial charge is 0.345 e. The molecule has 1 aromatic heterocycles. The van der Waals surface area contributed by atoms with Crippen LogP contribution in [0.4, 0.5) is 0 Å². The minimum atomic E-state index is -0.100. The highest BCUT2D eigenvalue weighted by atomic mass is 35.5. The molecule has 5 nitrogen and oxygen atoms in total. The van der Waals surface area contributed by atoms with Crippen molar-refractivity contribution in [2.75, 3.05) is 13.1 Å². The molecule has 1 heterocycles. The number of halogens is 1. The lowest BCUT2D eigenvalue weighted by atomic mass is 9.86. The van der Waals surface area contributed by atoms with Crippen LogP contribution < -0.4 is 0 Å². The van der Waals surface area contributed by atoms with Crippen molar-refractivity contribution in [1.29, 1.82) is 0 Å². The highest BCUT2D eigenvalue weighted by Crippen LogP contribution is 2.26. The van der Waals surface area contributed by atoms with E-state index in [1.807, 2.05) is 72.6 Å². The molecule has 208 valence electrons. The number of carbonyl (C=O) groups is 2. The summed E-state index contributed by atoms with van der Waals surface area (Å²) >= 11 is 6.44. The average molecular weight is 548 g/mol. The molecule has 0 N–H and O–H groups in total. The molecule has 0 atom stereocenters. The van der Waals surface area contributed by atoms with Crippen molar-refractivity contribution >= 4 is 23.4 Å². The Balaban J connectivity index is 1.52. The van der Waals surface area contributed by atoms with Gasteiger partial charge in [-0.1, -0.05) is 82.0 Å². The third kappa shape index (κ3) is 7.33. The second-order valence-electron chi connectivity index (χ2n) is 11.7. The van der Waals surface area contributed by atoms with Crippen LogP contribution in [-0.4, -0.2) is 45.3 Å². The molecule has 39 heavy (non-hydrogen) atoms. The van der Waals surface area contributed by atoms with E-state index in [9.17, 15) is 9.59 Å². The number of amides is 2. The van der Waals surface area contributed by atoms with Gasteiger partial charge in [-0.25, -0.2) is 0 Å². The van der Waals surface area contributed by atoms with Crippen molar-refractivity contribution in [2.24, 2.45) is 0 Å². The fourth-order valence-electron chi connectivity index (χ4n) is 5.42. The zero-order valence-corrected chi connectivity index (χ0v) is 24.6. The smallest absolute Gasteiger partial charge is 0.254 e. The maximum Gasteiger partial charge on any atom is 0.254 e. The van der Waals surface area contributed by atoms with Gasteiger partial charge in [-0.15, -0.1) is 0 Å². The van der Waals surface area contributed by atoms with E-state index in [1.165, 1.54) is 12.0 Å². The van der Waals surface area contributed by atoms with Crippen LogP contribution in [0.1, 0.15) is 87.0 Å². The van der Waals surface area contributed by atoms with Crippen LogP contribution in [0.15, 0.2) is 66.9 Å². The SMILES string of the molecule is CCN(CC(=O)N(Cc1cccn1Cc1ccccc1Cl)C1CCCCC1)C(=O)c1ccc(C(C)(C)C)cc1. The first-order valence-electron chi connectivity index (χ1n) is 14.2. The zero-order chi connectivity index (χ0) is 28.0. The summed E-state index contributed by atoms with van der Waals surface area (Å²) in [5.41, 5.74) is 3.94. The second kappa shape index (κ2) is 12.9. The molecular weight excluding hydrogens is 506 g/mol. The van der Waals surface area contributed by atoms with E-state index in [0.29, 0.717) is 25.2 Å². The van der Waals surface area contributed by atoms with Gasteiger partial charge < -0.3 is 14.4 Å². The molecule has 4 rings (SSSR count). The third-order valence-corrected chi connectivity index (χ3v) is 8.25. The summed E-state index contributed by atoms with van der Waals surface area (Å²) in [7, 11) is 0. The van der Waals surface area contributed by atoms with Gasteiger partial charge in [0.05, 0.1) is 6.54 Å². The Bertz CT molecular complexity index is 1250. The van der Waals surface area contributed by atoms with Crippen LogP contribution >= 0.6 is 11.6 Å². The highest BCUT2D eigenvalue weighted by molar-refractivity contribution is 6.31. The number of rotatable bonds is 9. The van der Waals surface area contributed by atoms with Crippen LogP contribution in [0.5, 0.6) is 0 Å². The minimum absolute atomic E-state index is 0.00825. The lowest BCUT2D eigenvalue weighted by Crippen LogP contribution is -2.47. The van der Waals surface area contributed by atoms with Crippen molar-refractivity contribution in [3.63, 3.8) is 0 Å². The van der Waals surface area contributed by atoms with Gasteiger partial charge in [0.25, 0.3) is 5.91 Å². The molecule has 0 aliphatic heterocycles. The molecule has 1 saturated carbocycles. The number of nitrogens with zero attached hydrogens (tertiary/aromatic N) is 3. The third-order valence-electron chi connectivity index (χ3n) is 7.88. The van der Waals surface area contributed by atoms with E-state index >= 15 is 0 Å². The van der Waals surface area contributed by atoms with Crippen LogP contribution in [0.3, 0.4) is 0 Å². The van der Waals surface area contributed by atoms with Crippen molar-refractivity contribution < 1.29 is 9.59 Å². The summed E-state index contributed by atoms with van der Waals surface area (Å²) in [6, 6.07) is 20.0. The molecule has 1 aliphatic carbocycles. The molecular formula is C33H42ClN3O2. The van der Waals surface area contributed by atoms with Gasteiger partial charge in [0.15, 0.2) is 0 Å². The number of likely N-dealkylation sites (N-methyl/N-ethyl adjacent to an activating group) is 1. The lowest BCUT2D eigenvalue weighted by Gasteiger charge is -2.36. The summed E-state index contributed by atoms with van der Waals surface area (Å²) < 4.78 is 2.17. The topological polar surface area (TPSA) is 45.6 Å². The van der Waals surface area contributed by atoms with Crippen molar-refractivity contribution in [3.8, 4) is 0 Å². The standard InChI is InChI=1S/C33H42ClN3O2/c1-5-35(32(39)25-17-19-27(20-18-25)33(2,3)4)24-31(38)37(28-13-7-6-8-14-28)23-29-15-11-21-36(29)22-26-12-9-10-16-30(26)34/h9-12,15-21,28H,5-8,13-14,22-24H2,1-4H3. The Labute approximate surface area is 238 Å². The van der Waals surface area contributed by atoms with Gasteiger partial charge in [-0.05, 0) is 66.6 Å². The molecule has 2 aromatic carbocycles. The van der Waals surface area contributed by atoms with E-state index in [-0.39, 0.29) is 29.8 Å². The predicted octanol–water partition coefficient (Wildman–Crippen LogP) is 7.31. The van der Waals surface area contributed by atoms with Crippen molar-refractivity contribution in [2.45, 2.75) is 84.3 Å². The zero-order valence-electron chi connectivity index (χ0n) is 23.8. The number of hydrogen-bond acceptors (Lipinski definition) is 2. The molecule has 0 unspecified atom stereocenters. The van der Waals surface area contributed by atoms with Crippen LogP contribution in [0.25, 0.3) is 0 Å². The normalized spacial score (nSPS) is 14.3. The number of aromatic nitrogens is 1. The summed E-state index contributed by atoms with van der Waals surface area (Å²) in [5.74, 6) is -0.0918. The van der Waals surface area contributed by atoms with Gasteiger partial charge in [0.2, 0.25) is 5.91 Å². The molecule has 3 aromatic rings. The van der Waals surface area contributed by atoms with Crippen molar-refractivity contribution in [1.82, 2.24) is 14.4 Å². The van der Waals surface area contributed by atoms with Crippen LogP contribution in [-0.2, 0) is 23.3 Å². The molecule has 0 saturated heterocycles. The van der Waals surface area contributed by atoms with Gasteiger partial charge in [-0.3, -0.25) is 9.59 Å². The predicted molar refractivity (Wildman–Crippen MR) is 159 cm³/mol. The van der Waals surface area contributed by atoms with E-state index < -0.39 is 0 Å². The molecule has 0 radical (unpaired) electrons. The summed E-state index contributed by atoms with van der Waals surface area (Å²) in [6.45, 7) is 10.1. The van der Waals surface area contributed by atoms with E-state index in [4.69, 9.17) is 11.6 Å². The maximum absolute atomic E-state index is 13.9. The van der Waals surface area contributed by atoms with Gasteiger partial charge in [-0.2, -0.15) is 0 Å². The quantitative estimate of drug-likeness (QED) is 0.282. The Morgan fingerprint density at radius 3 is 2.28 bits per heavy atom. The molecule has 6 heteroatoms. The first kappa shape index (κ1) is 28.9. The van der Waals surface area contributed by atoms with Crippen LogP contribution in [0.2, 0.25) is 5.02 Å². The van der Waals surface area contributed by atoms with Gasteiger partial charge in [0.1, 0.15) is 6.54 Å². The van der Waals surface area contributed by atoms with E-state index in [1.54, 1.807) is 4.90 Å². The lowest BCUT2D eigenvalue weighted by molar-refractivity contribution is -0.135. The Hall–Kier alpha value is -3.05. The molecule has 0 spiro atoms. The van der Waals surface area contributed by atoms with Crippen molar-refractivity contribution in [3.05, 3.63) is 94.3 Å². The Kier molecular flexibility index (Phi) is 9.55. The Morgan fingerprint density at radius 1 is 0.949 bits per heavy atom. The van der Waals surface area contributed by atoms with E-state index in [2.05, 4.69) is 31.4 Å². The average Bonchev–Trinajstić information content (AvgIpc) is 3.37. The number of hydrogen-bond donors (Lipinski definition) is 0.